The third kappa shape index (κ3) is 7.85. The number of methoxy groups -OCH3 is 1. The number of nitrogens with two attached hydrogens (primary N) is 1. The molecule has 39 heavy (non-hydrogen) atoms. The molecule has 3 aromatic carbocycles. The minimum Gasteiger partial charge on any atom is -0.454 e. The van der Waals surface area contributed by atoms with Crippen LogP contribution in [0.3, 0.4) is 0 Å². The number of nitrogens with zero attached hydrogens (tertiary/aromatic N) is 1. The molecule has 3 N–H and O–H groups in total. The summed E-state index contributed by atoms with van der Waals surface area (Å²) >= 11 is 0. The summed E-state index contributed by atoms with van der Waals surface area (Å²) in [6, 6.07) is 17.5. The lowest BCUT2D eigenvalue weighted by molar-refractivity contribution is -0.107. The number of hydrogen-bond acceptors (Lipinski definition) is 5. The highest BCUT2D eigenvalue weighted by Crippen LogP contribution is 2.34. The molecule has 0 fully saturated rings. The number of fused-ring (bicyclic) bond motifs is 1. The molecule has 204 valence electrons. The molecule has 0 aliphatic rings. The fraction of sp³-hybridized carbons (Fsp3) is 0.226. The van der Waals surface area contributed by atoms with E-state index in [2.05, 4.69) is 14.7 Å². The van der Waals surface area contributed by atoms with Gasteiger partial charge in [0.05, 0.1) is 6.54 Å². The van der Waals surface area contributed by atoms with Crippen LogP contribution in [0.4, 0.5) is 8.78 Å². The predicted molar refractivity (Wildman–Crippen MR) is 152 cm³/mol. The van der Waals surface area contributed by atoms with Gasteiger partial charge < -0.3 is 25.0 Å². The van der Waals surface area contributed by atoms with Crippen molar-refractivity contribution in [3.63, 3.8) is 0 Å². The number of benzene rings is 3. The molecule has 6 nitrogen and oxygen atoms in total. The van der Waals surface area contributed by atoms with Crippen LogP contribution >= 0.6 is 0 Å². The molecule has 1 aromatic heterocycles. The number of aldehydes is 1. The molecule has 0 radical (unpaired) electrons. The summed E-state index contributed by atoms with van der Waals surface area (Å²) < 4.78 is 39.9. The number of aliphatic imine (C=N–C) groups is 1. The van der Waals surface area contributed by atoms with Crippen molar-refractivity contribution >= 4 is 22.9 Å². The summed E-state index contributed by atoms with van der Waals surface area (Å²) in [5.74, 6) is -0.739. The van der Waals surface area contributed by atoms with Gasteiger partial charge >= 0.3 is 0 Å². The first kappa shape index (κ1) is 29.3. The molecular weight excluding hydrogens is 500 g/mol. The van der Waals surface area contributed by atoms with E-state index in [1.807, 2.05) is 37.3 Å². The van der Waals surface area contributed by atoms with Gasteiger partial charge in [-0.15, -0.1) is 0 Å². The molecule has 4 aromatic rings. The summed E-state index contributed by atoms with van der Waals surface area (Å²) in [5, 5.41) is 0.854. The van der Waals surface area contributed by atoms with Crippen molar-refractivity contribution in [1.29, 1.82) is 0 Å². The quantitative estimate of drug-likeness (QED) is 0.170. The molecule has 4 rings (SSSR count). The van der Waals surface area contributed by atoms with E-state index < -0.39 is 11.6 Å². The van der Waals surface area contributed by atoms with E-state index in [0.717, 1.165) is 35.6 Å². The molecule has 0 aliphatic heterocycles. The van der Waals surface area contributed by atoms with Crippen LogP contribution in [0.25, 0.3) is 10.9 Å². The molecule has 0 amide bonds. The number of nitrogens with one attached hydrogen (secondary N) is 1. The van der Waals surface area contributed by atoms with Crippen molar-refractivity contribution in [1.82, 2.24) is 4.98 Å². The van der Waals surface area contributed by atoms with Gasteiger partial charge in [-0.2, -0.15) is 0 Å². The Bertz CT molecular complexity index is 1460. The van der Waals surface area contributed by atoms with Crippen molar-refractivity contribution < 1.29 is 23.0 Å². The average molecular weight is 534 g/mol. The Morgan fingerprint density at radius 1 is 1.10 bits per heavy atom. The van der Waals surface area contributed by atoms with Crippen molar-refractivity contribution in [2.45, 2.75) is 33.2 Å². The van der Waals surface area contributed by atoms with Crippen LogP contribution in [0.2, 0.25) is 0 Å². The molecule has 0 atom stereocenters. The topological polar surface area (TPSA) is 89.7 Å². The van der Waals surface area contributed by atoms with Crippen LogP contribution in [-0.2, 0) is 22.5 Å². The van der Waals surface area contributed by atoms with Crippen LogP contribution in [0, 0.1) is 12.7 Å². The molecule has 1 heterocycles. The standard InChI is InChI=1S/C28H25F2N3O2.C3H8O/c1-18-23-10-11-32-26(23)15-24(29)28(18)35-22-9-3-8-21(14-22)27(25(30)16-31)33-17-20-6-2-5-19(13-20)7-4-12-34;1-3-4-2/h2-3,5-6,8-16,32H,4,7,17,31H2,1H3;3H2,1-2H3/b25-16+,33-27?;. The lowest BCUT2D eigenvalue weighted by Crippen LogP contribution is -2.05. The number of rotatable bonds is 10. The van der Waals surface area contributed by atoms with Gasteiger partial charge in [0.1, 0.15) is 17.7 Å². The fourth-order valence-electron chi connectivity index (χ4n) is 3.94. The third-order valence-corrected chi connectivity index (χ3v) is 5.96. The number of carbonyl (C=O) groups excluding carboxylic acids is 1. The van der Waals surface area contributed by atoms with E-state index in [0.29, 0.717) is 35.2 Å². The zero-order valence-electron chi connectivity index (χ0n) is 22.3. The van der Waals surface area contributed by atoms with Gasteiger partial charge in [-0.05, 0) is 49.6 Å². The normalized spacial score (nSPS) is 11.7. The van der Waals surface area contributed by atoms with E-state index in [9.17, 15) is 13.6 Å². The van der Waals surface area contributed by atoms with Crippen molar-refractivity contribution in [2.24, 2.45) is 10.7 Å². The molecular formula is C31H33F2N3O3. The monoisotopic (exact) mass is 533 g/mol. The summed E-state index contributed by atoms with van der Waals surface area (Å²) in [7, 11) is 1.68. The van der Waals surface area contributed by atoms with Crippen molar-refractivity contribution in [3.05, 3.63) is 107 Å². The average Bonchev–Trinajstić information content (AvgIpc) is 3.43. The zero-order valence-corrected chi connectivity index (χ0v) is 22.3. The maximum absolute atomic E-state index is 14.7. The first-order valence-electron chi connectivity index (χ1n) is 12.6. The van der Waals surface area contributed by atoms with Gasteiger partial charge in [-0.1, -0.05) is 36.4 Å². The summed E-state index contributed by atoms with van der Waals surface area (Å²) in [5.41, 5.74) is 9.20. The van der Waals surface area contributed by atoms with Crippen LogP contribution < -0.4 is 10.5 Å². The second kappa shape index (κ2) is 14.6. The number of hydrogen-bond donors (Lipinski definition) is 2. The van der Waals surface area contributed by atoms with Gasteiger partial charge in [0, 0.05) is 60.6 Å². The van der Waals surface area contributed by atoms with Crippen LogP contribution in [-0.4, -0.2) is 30.7 Å². The highest BCUT2D eigenvalue weighted by atomic mass is 19.1. The predicted octanol–water partition coefficient (Wildman–Crippen LogP) is 6.95. The Morgan fingerprint density at radius 2 is 1.85 bits per heavy atom. The number of H-pyrrole nitrogens is 1. The van der Waals surface area contributed by atoms with Gasteiger partial charge in [-0.3, -0.25) is 4.99 Å². The van der Waals surface area contributed by atoms with Gasteiger partial charge in [0.25, 0.3) is 0 Å². The highest BCUT2D eigenvalue weighted by molar-refractivity contribution is 6.11. The van der Waals surface area contributed by atoms with Crippen molar-refractivity contribution in [2.75, 3.05) is 13.7 Å². The molecule has 0 saturated carbocycles. The number of halogens is 2. The highest BCUT2D eigenvalue weighted by Gasteiger charge is 2.15. The first-order chi connectivity index (χ1) is 18.9. The largest absolute Gasteiger partial charge is 0.454 e. The maximum Gasteiger partial charge on any atom is 0.168 e. The van der Waals surface area contributed by atoms with E-state index >= 15 is 0 Å². The number of allylic oxidation sites excluding steroid dienone is 1. The smallest absolute Gasteiger partial charge is 0.168 e. The Balaban J connectivity index is 0.000000983. The second-order valence-electron chi connectivity index (χ2n) is 8.66. The van der Waals surface area contributed by atoms with E-state index in [1.165, 1.54) is 6.07 Å². The minimum absolute atomic E-state index is 0.0644. The molecule has 8 heteroatoms. The van der Waals surface area contributed by atoms with E-state index in [4.69, 9.17) is 10.5 Å². The number of carbonyl (C=O) groups is 1. The fourth-order valence-corrected chi connectivity index (χ4v) is 3.94. The lowest BCUT2D eigenvalue weighted by Gasteiger charge is -2.13. The SMILES string of the molecule is CCOC.Cc1c(Oc2cccc(C(=NCc3cccc(CCC=O)c3)/C(F)=C\N)c2)c(F)cc2[nH]ccc12. The lowest BCUT2D eigenvalue weighted by atomic mass is 10.1. The zero-order chi connectivity index (χ0) is 28.2. The maximum atomic E-state index is 14.7. The van der Waals surface area contributed by atoms with E-state index in [-0.39, 0.29) is 18.0 Å². The van der Waals surface area contributed by atoms with Crippen LogP contribution in [0.1, 0.15) is 35.6 Å². The number of aryl methyl sites for hydroxylation is 2. The summed E-state index contributed by atoms with van der Waals surface area (Å²) in [4.78, 5) is 18.1. The third-order valence-electron chi connectivity index (χ3n) is 5.96. The molecule has 0 aliphatic carbocycles. The second-order valence-corrected chi connectivity index (χ2v) is 8.66. The first-order valence-corrected chi connectivity index (χ1v) is 12.6. The van der Waals surface area contributed by atoms with Gasteiger partial charge in [0.2, 0.25) is 0 Å². The molecule has 0 saturated heterocycles. The van der Waals surface area contributed by atoms with E-state index in [1.54, 1.807) is 44.5 Å². The van der Waals surface area contributed by atoms with Crippen LogP contribution in [0.15, 0.2) is 83.9 Å². The molecule has 0 unspecified atom stereocenters. The summed E-state index contributed by atoms with van der Waals surface area (Å²) in [6.45, 7) is 4.78. The Labute approximate surface area is 227 Å². The number of ether oxygens (including phenoxy) is 2. The van der Waals surface area contributed by atoms with Gasteiger partial charge in [0.15, 0.2) is 17.4 Å². The Hall–Kier alpha value is -4.30. The molecule has 0 bridgehead atoms. The number of aromatic nitrogens is 1. The van der Waals surface area contributed by atoms with Crippen molar-refractivity contribution in [3.8, 4) is 11.5 Å². The minimum atomic E-state index is -0.685. The number of aromatic amines is 1. The Kier molecular flexibility index (Phi) is 10.9. The summed E-state index contributed by atoms with van der Waals surface area (Å²) in [6.07, 6.45) is 4.55. The Morgan fingerprint density at radius 3 is 2.56 bits per heavy atom. The molecule has 0 spiro atoms. The van der Waals surface area contributed by atoms with Crippen LogP contribution in [0.5, 0.6) is 11.5 Å². The van der Waals surface area contributed by atoms with Gasteiger partial charge in [-0.25, -0.2) is 8.78 Å².